The van der Waals surface area contributed by atoms with Gasteiger partial charge in [-0.2, -0.15) is 0 Å². The van der Waals surface area contributed by atoms with Gasteiger partial charge in [0.15, 0.2) is 0 Å². The molecular formula is C23H36O5. The third-order valence-electron chi connectivity index (χ3n) is 3.62. The summed E-state index contributed by atoms with van der Waals surface area (Å²) in [6.45, 7) is 5.53. The largest absolute Gasteiger partial charge is 0.463 e. The van der Waals surface area contributed by atoms with Crippen LogP contribution < -0.4 is 0 Å². The minimum absolute atomic E-state index is 0.110. The van der Waals surface area contributed by atoms with Crippen LogP contribution in [0.3, 0.4) is 0 Å². The van der Waals surface area contributed by atoms with Gasteiger partial charge in [-0.05, 0) is 39.5 Å². The summed E-state index contributed by atoms with van der Waals surface area (Å²) < 4.78 is 5.03. The van der Waals surface area contributed by atoms with Gasteiger partial charge in [0, 0.05) is 6.42 Å². The number of hydrogen-bond acceptors (Lipinski definition) is 5. The van der Waals surface area contributed by atoms with Crippen molar-refractivity contribution in [2.75, 3.05) is 0 Å². The van der Waals surface area contributed by atoms with Gasteiger partial charge in [-0.15, -0.1) is 0 Å². The maximum atomic E-state index is 11.4. The molecule has 5 heteroatoms. The highest BCUT2D eigenvalue weighted by molar-refractivity contribution is 5.69. The Balaban J connectivity index is 3.97. The molecule has 0 saturated heterocycles. The lowest BCUT2D eigenvalue weighted by atomic mass is 10.1. The van der Waals surface area contributed by atoms with Crippen LogP contribution in [-0.4, -0.2) is 45.7 Å². The smallest absolute Gasteiger partial charge is 0.306 e. The van der Waals surface area contributed by atoms with E-state index >= 15 is 0 Å². The second kappa shape index (κ2) is 17.2. The Labute approximate surface area is 169 Å². The van der Waals surface area contributed by atoms with Crippen molar-refractivity contribution in [1.29, 1.82) is 0 Å². The zero-order valence-electron chi connectivity index (χ0n) is 17.3. The fraction of sp³-hybridized carbons (Fsp3) is 0.522. The van der Waals surface area contributed by atoms with E-state index in [1.807, 2.05) is 26.8 Å². The van der Waals surface area contributed by atoms with E-state index in [-0.39, 0.29) is 12.1 Å². The second-order valence-corrected chi connectivity index (χ2v) is 6.74. The number of aliphatic hydroxyl groups is 3. The van der Waals surface area contributed by atoms with Crippen LogP contribution in [0.15, 0.2) is 60.8 Å². The average Bonchev–Trinajstić information content (AvgIpc) is 2.63. The average molecular weight is 393 g/mol. The molecule has 0 rings (SSSR count). The topological polar surface area (TPSA) is 87.0 Å². The summed E-state index contributed by atoms with van der Waals surface area (Å²) in [5, 5.41) is 29.0. The molecule has 0 spiro atoms. The lowest BCUT2D eigenvalue weighted by Gasteiger charge is -2.08. The van der Waals surface area contributed by atoms with Crippen molar-refractivity contribution in [3.05, 3.63) is 60.8 Å². The maximum Gasteiger partial charge on any atom is 0.306 e. The van der Waals surface area contributed by atoms with Gasteiger partial charge in [0.2, 0.25) is 0 Å². The molecule has 5 nitrogen and oxygen atoms in total. The van der Waals surface area contributed by atoms with Crippen molar-refractivity contribution in [3.8, 4) is 0 Å². The summed E-state index contributed by atoms with van der Waals surface area (Å²) in [5.74, 6) is -0.237. The third kappa shape index (κ3) is 17.5. The minimum atomic E-state index is -0.601. The van der Waals surface area contributed by atoms with Crippen molar-refractivity contribution >= 4 is 5.97 Å². The van der Waals surface area contributed by atoms with Crippen LogP contribution in [0.5, 0.6) is 0 Å². The van der Waals surface area contributed by atoms with E-state index in [1.54, 1.807) is 54.7 Å². The molecule has 0 saturated carbocycles. The monoisotopic (exact) mass is 392 g/mol. The van der Waals surface area contributed by atoms with Crippen LogP contribution in [0.2, 0.25) is 0 Å². The van der Waals surface area contributed by atoms with Crippen molar-refractivity contribution in [3.63, 3.8) is 0 Å². The predicted octanol–water partition coefficient (Wildman–Crippen LogP) is 3.77. The first-order valence-electron chi connectivity index (χ1n) is 9.93. The Morgan fingerprint density at radius 3 is 2.04 bits per heavy atom. The number of aliphatic hydroxyl groups excluding tert-OH is 3. The van der Waals surface area contributed by atoms with E-state index < -0.39 is 18.3 Å². The molecule has 0 aliphatic rings. The highest BCUT2D eigenvalue weighted by Gasteiger charge is 2.06. The molecule has 3 unspecified atom stereocenters. The summed E-state index contributed by atoms with van der Waals surface area (Å²) in [6, 6.07) is 0. The van der Waals surface area contributed by atoms with Gasteiger partial charge in [0.05, 0.1) is 24.4 Å². The summed E-state index contributed by atoms with van der Waals surface area (Å²) in [6.07, 6.45) is 18.3. The van der Waals surface area contributed by atoms with Gasteiger partial charge in [-0.3, -0.25) is 4.79 Å². The summed E-state index contributed by atoms with van der Waals surface area (Å²) >= 11 is 0. The first kappa shape index (κ1) is 26.1. The van der Waals surface area contributed by atoms with E-state index in [2.05, 4.69) is 0 Å². The van der Waals surface area contributed by atoms with Gasteiger partial charge < -0.3 is 20.1 Å². The molecular weight excluding hydrogens is 356 g/mol. The van der Waals surface area contributed by atoms with Gasteiger partial charge in [0.1, 0.15) is 0 Å². The number of rotatable bonds is 14. The fourth-order valence-corrected chi connectivity index (χ4v) is 2.09. The van der Waals surface area contributed by atoms with Gasteiger partial charge >= 0.3 is 5.97 Å². The maximum absolute atomic E-state index is 11.4. The standard InChI is InChI=1S/C23H36O5/c1-4-20(24)13-10-7-11-16-21(25)14-8-5-6-9-15-22(26)17-12-18-23(27)28-19(2)3/h5-11,13-15,19-22,24-26H,4,12,16-18H2,1-3H3. The van der Waals surface area contributed by atoms with Crippen LogP contribution in [-0.2, 0) is 9.53 Å². The lowest BCUT2D eigenvalue weighted by Crippen LogP contribution is -2.12. The number of ether oxygens (including phenoxy) is 1. The zero-order valence-corrected chi connectivity index (χ0v) is 17.3. The van der Waals surface area contributed by atoms with Crippen LogP contribution in [0.4, 0.5) is 0 Å². The first-order chi connectivity index (χ1) is 13.3. The van der Waals surface area contributed by atoms with E-state index in [1.165, 1.54) is 0 Å². The highest BCUT2D eigenvalue weighted by Crippen LogP contribution is 2.05. The number of carbonyl (C=O) groups is 1. The number of allylic oxidation sites excluding steroid dienone is 6. The summed E-state index contributed by atoms with van der Waals surface area (Å²) in [7, 11) is 0. The van der Waals surface area contributed by atoms with Gasteiger partial charge in [0.25, 0.3) is 0 Å². The van der Waals surface area contributed by atoms with Crippen LogP contribution in [0.25, 0.3) is 0 Å². The molecule has 158 valence electrons. The fourth-order valence-electron chi connectivity index (χ4n) is 2.09. The SMILES string of the molecule is CCC(O)C=CC=CCC(O)C=CC=CC=CC(O)CCCC(=O)OC(C)C. The van der Waals surface area contributed by atoms with E-state index in [0.29, 0.717) is 32.1 Å². The molecule has 3 atom stereocenters. The van der Waals surface area contributed by atoms with E-state index in [4.69, 9.17) is 4.74 Å². The van der Waals surface area contributed by atoms with Crippen LogP contribution in [0, 0.1) is 0 Å². The molecule has 0 aromatic carbocycles. The molecule has 0 amide bonds. The lowest BCUT2D eigenvalue weighted by molar-refractivity contribution is -0.147. The molecule has 0 heterocycles. The Bertz CT molecular complexity index is 543. The molecule has 28 heavy (non-hydrogen) atoms. The van der Waals surface area contributed by atoms with Crippen LogP contribution >= 0.6 is 0 Å². The molecule has 0 fully saturated rings. The number of carbonyl (C=O) groups excluding carboxylic acids is 1. The highest BCUT2D eigenvalue weighted by atomic mass is 16.5. The molecule has 0 aliphatic heterocycles. The molecule has 0 aliphatic carbocycles. The molecule has 0 aromatic heterocycles. The summed E-state index contributed by atoms with van der Waals surface area (Å²) in [5.41, 5.74) is 0. The molecule has 3 N–H and O–H groups in total. The van der Waals surface area contributed by atoms with Gasteiger partial charge in [-0.1, -0.05) is 67.7 Å². The van der Waals surface area contributed by atoms with Crippen molar-refractivity contribution < 1.29 is 24.9 Å². The Morgan fingerprint density at radius 2 is 1.43 bits per heavy atom. The summed E-state index contributed by atoms with van der Waals surface area (Å²) in [4.78, 5) is 11.4. The Kier molecular flexibility index (Phi) is 16.0. The van der Waals surface area contributed by atoms with Gasteiger partial charge in [-0.25, -0.2) is 0 Å². The second-order valence-electron chi connectivity index (χ2n) is 6.74. The Hall–Kier alpha value is -1.95. The predicted molar refractivity (Wildman–Crippen MR) is 114 cm³/mol. The van der Waals surface area contributed by atoms with Crippen LogP contribution in [0.1, 0.15) is 52.9 Å². The first-order valence-corrected chi connectivity index (χ1v) is 9.93. The number of esters is 1. The molecule has 0 bridgehead atoms. The zero-order chi connectivity index (χ0) is 21.2. The molecule has 0 aromatic rings. The number of hydrogen-bond donors (Lipinski definition) is 3. The Morgan fingerprint density at radius 1 is 0.857 bits per heavy atom. The normalized spacial score (nSPS) is 16.2. The van der Waals surface area contributed by atoms with E-state index in [9.17, 15) is 20.1 Å². The van der Waals surface area contributed by atoms with Crippen molar-refractivity contribution in [1.82, 2.24) is 0 Å². The van der Waals surface area contributed by atoms with E-state index in [0.717, 1.165) is 0 Å². The van der Waals surface area contributed by atoms with Crippen molar-refractivity contribution in [2.24, 2.45) is 0 Å². The molecule has 0 radical (unpaired) electrons. The quantitative estimate of drug-likeness (QED) is 0.309. The third-order valence-corrected chi connectivity index (χ3v) is 3.62. The minimum Gasteiger partial charge on any atom is -0.463 e. The van der Waals surface area contributed by atoms with Crippen molar-refractivity contribution in [2.45, 2.75) is 77.3 Å².